The molecule has 5 aromatic rings. The SMILES string of the molecule is COCc1cc(C)c2c(n1)sc1c2nnn2c3ccccc3nc12. The third-order valence-corrected chi connectivity index (χ3v) is 5.22. The van der Waals surface area contributed by atoms with Gasteiger partial charge in [-0.05, 0) is 30.7 Å². The van der Waals surface area contributed by atoms with Gasteiger partial charge in [0, 0.05) is 12.5 Å². The van der Waals surface area contributed by atoms with Crippen molar-refractivity contribution in [3.8, 4) is 0 Å². The number of benzene rings is 1. The fraction of sp³-hybridized carbons (Fsp3) is 0.176. The number of rotatable bonds is 2. The van der Waals surface area contributed by atoms with E-state index >= 15 is 0 Å². The Labute approximate surface area is 140 Å². The van der Waals surface area contributed by atoms with E-state index in [1.165, 1.54) is 0 Å². The van der Waals surface area contributed by atoms with E-state index in [0.717, 1.165) is 48.4 Å². The molecule has 0 aliphatic carbocycles. The molecular weight excluding hydrogens is 322 g/mol. The lowest BCUT2D eigenvalue weighted by atomic mass is 10.1. The van der Waals surface area contributed by atoms with Crippen molar-refractivity contribution in [3.05, 3.63) is 41.6 Å². The van der Waals surface area contributed by atoms with Gasteiger partial charge in [0.15, 0.2) is 5.65 Å². The van der Waals surface area contributed by atoms with Gasteiger partial charge in [0.1, 0.15) is 15.0 Å². The maximum Gasteiger partial charge on any atom is 0.176 e. The Kier molecular flexibility index (Phi) is 2.83. The van der Waals surface area contributed by atoms with Gasteiger partial charge < -0.3 is 4.74 Å². The summed E-state index contributed by atoms with van der Waals surface area (Å²) < 4.78 is 8.03. The Balaban J connectivity index is 1.93. The molecular formula is C17H13N5OS. The Morgan fingerprint density at radius 3 is 2.96 bits per heavy atom. The summed E-state index contributed by atoms with van der Waals surface area (Å²) in [5, 5.41) is 9.90. The number of aryl methyl sites for hydroxylation is 1. The van der Waals surface area contributed by atoms with Crippen molar-refractivity contribution in [1.82, 2.24) is 24.8 Å². The first-order valence-electron chi connectivity index (χ1n) is 7.58. The van der Waals surface area contributed by atoms with Crippen molar-refractivity contribution in [2.45, 2.75) is 13.5 Å². The van der Waals surface area contributed by atoms with Gasteiger partial charge in [-0.1, -0.05) is 17.3 Å². The average Bonchev–Trinajstić information content (AvgIpc) is 3.13. The zero-order valence-corrected chi connectivity index (χ0v) is 14.0. The summed E-state index contributed by atoms with van der Waals surface area (Å²) in [6.45, 7) is 2.57. The van der Waals surface area contributed by atoms with Crippen LogP contribution in [0.4, 0.5) is 0 Å². The molecule has 0 aliphatic rings. The highest BCUT2D eigenvalue weighted by atomic mass is 32.1. The highest BCUT2D eigenvalue weighted by Gasteiger charge is 2.17. The van der Waals surface area contributed by atoms with E-state index in [-0.39, 0.29) is 0 Å². The molecule has 24 heavy (non-hydrogen) atoms. The quantitative estimate of drug-likeness (QED) is 0.494. The van der Waals surface area contributed by atoms with Gasteiger partial charge in [-0.3, -0.25) is 0 Å². The number of thiophene rings is 1. The second-order valence-corrected chi connectivity index (χ2v) is 6.75. The second-order valence-electron chi connectivity index (χ2n) is 5.75. The average molecular weight is 335 g/mol. The van der Waals surface area contributed by atoms with Crippen molar-refractivity contribution in [2.75, 3.05) is 7.11 Å². The van der Waals surface area contributed by atoms with Gasteiger partial charge >= 0.3 is 0 Å². The number of para-hydroxylation sites is 2. The molecule has 0 amide bonds. The molecule has 0 unspecified atom stereocenters. The Bertz CT molecular complexity index is 1240. The van der Waals surface area contributed by atoms with Crippen LogP contribution in [-0.4, -0.2) is 31.9 Å². The van der Waals surface area contributed by atoms with Crippen LogP contribution in [0.2, 0.25) is 0 Å². The summed E-state index contributed by atoms with van der Waals surface area (Å²) in [6.07, 6.45) is 0. The normalized spacial score (nSPS) is 12.1. The Morgan fingerprint density at radius 1 is 1.21 bits per heavy atom. The molecule has 0 saturated heterocycles. The molecule has 5 rings (SSSR count). The van der Waals surface area contributed by atoms with Crippen LogP contribution in [0.15, 0.2) is 30.3 Å². The van der Waals surface area contributed by atoms with Gasteiger partial charge in [0.25, 0.3) is 0 Å². The summed E-state index contributed by atoms with van der Waals surface area (Å²) in [5.74, 6) is 0. The van der Waals surface area contributed by atoms with Gasteiger partial charge in [0.05, 0.1) is 23.3 Å². The number of fused-ring (bicyclic) bond motifs is 7. The zero-order chi connectivity index (χ0) is 16.3. The molecule has 6 nitrogen and oxygen atoms in total. The molecule has 0 N–H and O–H groups in total. The van der Waals surface area contributed by atoms with Crippen molar-refractivity contribution in [3.63, 3.8) is 0 Å². The van der Waals surface area contributed by atoms with E-state index in [1.807, 2.05) is 30.3 Å². The second kappa shape index (κ2) is 4.93. The summed E-state index contributed by atoms with van der Waals surface area (Å²) in [6, 6.07) is 10.0. The maximum atomic E-state index is 5.21. The number of nitrogens with zero attached hydrogens (tertiary/aromatic N) is 5. The molecule has 0 saturated carbocycles. The van der Waals surface area contributed by atoms with Crippen molar-refractivity contribution >= 4 is 48.5 Å². The molecule has 0 aliphatic heterocycles. The molecule has 4 heterocycles. The van der Waals surface area contributed by atoms with Gasteiger partial charge in [-0.15, -0.1) is 16.4 Å². The van der Waals surface area contributed by atoms with Crippen LogP contribution < -0.4 is 0 Å². The molecule has 118 valence electrons. The van der Waals surface area contributed by atoms with Crippen LogP contribution in [0, 0.1) is 6.92 Å². The predicted molar refractivity (Wildman–Crippen MR) is 94.4 cm³/mol. The molecule has 0 fully saturated rings. The van der Waals surface area contributed by atoms with Crippen LogP contribution >= 0.6 is 11.3 Å². The van der Waals surface area contributed by atoms with Crippen LogP contribution in [0.3, 0.4) is 0 Å². The third-order valence-electron chi connectivity index (χ3n) is 4.15. The molecule has 7 heteroatoms. The Hall–Kier alpha value is -2.64. The lowest BCUT2D eigenvalue weighted by molar-refractivity contribution is 0.182. The predicted octanol–water partition coefficient (Wildman–Crippen LogP) is 3.50. The summed E-state index contributed by atoms with van der Waals surface area (Å²) in [4.78, 5) is 10.4. The Morgan fingerprint density at radius 2 is 2.08 bits per heavy atom. The lowest BCUT2D eigenvalue weighted by Gasteiger charge is -2.02. The minimum Gasteiger partial charge on any atom is -0.378 e. The lowest BCUT2D eigenvalue weighted by Crippen LogP contribution is -1.96. The topological polar surface area (TPSA) is 65.2 Å². The van der Waals surface area contributed by atoms with Crippen molar-refractivity contribution in [1.29, 1.82) is 0 Å². The van der Waals surface area contributed by atoms with Crippen molar-refractivity contribution in [2.24, 2.45) is 0 Å². The number of methoxy groups -OCH3 is 1. The molecule has 0 atom stereocenters. The number of hydrogen-bond acceptors (Lipinski definition) is 6. The first kappa shape index (κ1) is 13.8. The summed E-state index contributed by atoms with van der Waals surface area (Å²) in [7, 11) is 1.68. The summed E-state index contributed by atoms with van der Waals surface area (Å²) >= 11 is 1.61. The standard InChI is InChI=1S/C17H13N5OS/c1-9-7-10(8-23-2)18-17-13(9)14-15(24-17)16-19-11-5-3-4-6-12(11)22(16)21-20-14/h3-7H,8H2,1-2H3. The molecule has 1 aromatic carbocycles. The molecule has 0 radical (unpaired) electrons. The highest BCUT2D eigenvalue weighted by molar-refractivity contribution is 7.26. The van der Waals surface area contributed by atoms with Crippen LogP contribution in [0.5, 0.6) is 0 Å². The zero-order valence-electron chi connectivity index (χ0n) is 13.1. The third kappa shape index (κ3) is 1.79. The molecule has 0 spiro atoms. The smallest absolute Gasteiger partial charge is 0.176 e. The van der Waals surface area contributed by atoms with Crippen molar-refractivity contribution < 1.29 is 4.74 Å². The van der Waals surface area contributed by atoms with E-state index in [0.29, 0.717) is 6.61 Å². The number of ether oxygens (including phenoxy) is 1. The number of imidazole rings is 1. The number of hydrogen-bond donors (Lipinski definition) is 0. The monoisotopic (exact) mass is 335 g/mol. The van der Waals surface area contributed by atoms with Crippen LogP contribution in [0.1, 0.15) is 11.3 Å². The van der Waals surface area contributed by atoms with E-state index in [1.54, 1.807) is 23.0 Å². The minimum absolute atomic E-state index is 0.499. The first-order valence-corrected chi connectivity index (χ1v) is 8.40. The highest BCUT2D eigenvalue weighted by Crippen LogP contribution is 2.36. The van der Waals surface area contributed by atoms with E-state index < -0.39 is 0 Å². The van der Waals surface area contributed by atoms with Gasteiger partial charge in [-0.25, -0.2) is 9.97 Å². The van der Waals surface area contributed by atoms with E-state index in [2.05, 4.69) is 17.2 Å². The van der Waals surface area contributed by atoms with E-state index in [4.69, 9.17) is 14.7 Å². The maximum absolute atomic E-state index is 5.21. The summed E-state index contributed by atoms with van der Waals surface area (Å²) in [5.41, 5.74) is 5.63. The fourth-order valence-electron chi connectivity index (χ4n) is 3.14. The van der Waals surface area contributed by atoms with Gasteiger partial charge in [0.2, 0.25) is 0 Å². The first-order chi connectivity index (χ1) is 11.8. The molecule has 4 aromatic heterocycles. The van der Waals surface area contributed by atoms with Gasteiger partial charge in [-0.2, -0.15) is 4.52 Å². The van der Waals surface area contributed by atoms with E-state index in [9.17, 15) is 0 Å². The molecule has 0 bridgehead atoms. The minimum atomic E-state index is 0.499. The van der Waals surface area contributed by atoms with Crippen LogP contribution in [0.25, 0.3) is 37.1 Å². The number of aromatic nitrogens is 5. The van der Waals surface area contributed by atoms with Crippen LogP contribution in [-0.2, 0) is 11.3 Å². The fourth-order valence-corrected chi connectivity index (χ4v) is 4.32. The largest absolute Gasteiger partial charge is 0.378 e. The number of pyridine rings is 1.